The Labute approximate surface area is 220 Å². The third kappa shape index (κ3) is 5.32. The number of carbonyl (C=O) groups excluding carboxylic acids is 3. The molecular formula is C30H40N2O5. The van der Waals surface area contributed by atoms with Gasteiger partial charge in [0, 0.05) is 47.8 Å². The fraction of sp³-hybridized carbons (Fsp3) is 0.567. The molecule has 0 fully saturated rings. The summed E-state index contributed by atoms with van der Waals surface area (Å²) in [6, 6.07) is 5.49. The van der Waals surface area contributed by atoms with Crippen molar-refractivity contribution in [2.45, 2.75) is 79.6 Å². The van der Waals surface area contributed by atoms with Gasteiger partial charge in [-0.25, -0.2) is 0 Å². The van der Waals surface area contributed by atoms with Crippen LogP contribution in [0.25, 0.3) is 0 Å². The highest BCUT2D eigenvalue weighted by atomic mass is 16.5. The topological polar surface area (TPSA) is 98.9 Å². The number of ether oxygens (including phenoxy) is 2. The molecule has 2 aliphatic carbocycles. The predicted octanol–water partition coefficient (Wildman–Crippen LogP) is 5.05. The number of benzene rings is 1. The Kier molecular flexibility index (Phi) is 7.28. The minimum atomic E-state index is -0.578. The fourth-order valence-electron chi connectivity index (χ4n) is 6.12. The Morgan fingerprint density at radius 1 is 0.919 bits per heavy atom. The number of hydrogen-bond acceptors (Lipinski definition) is 6. The molecule has 3 aliphatic rings. The van der Waals surface area contributed by atoms with Crippen molar-refractivity contribution in [1.82, 2.24) is 4.90 Å². The molecule has 200 valence electrons. The van der Waals surface area contributed by atoms with E-state index in [4.69, 9.17) is 15.2 Å². The molecular weight excluding hydrogens is 468 g/mol. The van der Waals surface area contributed by atoms with Crippen LogP contribution in [-0.2, 0) is 14.4 Å². The van der Waals surface area contributed by atoms with Crippen LogP contribution in [0.5, 0.6) is 11.5 Å². The van der Waals surface area contributed by atoms with E-state index in [1.165, 1.54) is 0 Å². The zero-order valence-corrected chi connectivity index (χ0v) is 23.0. The molecule has 0 saturated carbocycles. The Bertz CT molecular complexity index is 1140. The molecule has 1 aromatic rings. The van der Waals surface area contributed by atoms with E-state index in [2.05, 4.69) is 39.5 Å². The van der Waals surface area contributed by atoms with Crippen molar-refractivity contribution in [3.8, 4) is 11.5 Å². The van der Waals surface area contributed by atoms with E-state index in [0.29, 0.717) is 30.9 Å². The quantitative estimate of drug-likeness (QED) is 0.528. The van der Waals surface area contributed by atoms with Crippen LogP contribution in [0.3, 0.4) is 0 Å². The summed E-state index contributed by atoms with van der Waals surface area (Å²) in [7, 11) is 0. The number of primary amides is 1. The Hall–Kier alpha value is -3.09. The van der Waals surface area contributed by atoms with E-state index >= 15 is 0 Å². The number of Topliss-reactive ketones (excluding diaryl/α,β-unsaturated/α-hetero) is 2. The van der Waals surface area contributed by atoms with Gasteiger partial charge in [0.1, 0.15) is 0 Å². The highest BCUT2D eigenvalue weighted by Crippen LogP contribution is 2.54. The van der Waals surface area contributed by atoms with Crippen molar-refractivity contribution in [2.24, 2.45) is 16.6 Å². The van der Waals surface area contributed by atoms with Crippen molar-refractivity contribution in [1.29, 1.82) is 0 Å². The van der Waals surface area contributed by atoms with Gasteiger partial charge in [0.2, 0.25) is 0 Å². The van der Waals surface area contributed by atoms with Gasteiger partial charge in [0.25, 0.3) is 5.91 Å². The van der Waals surface area contributed by atoms with Gasteiger partial charge in [-0.3, -0.25) is 14.4 Å². The summed E-state index contributed by atoms with van der Waals surface area (Å²) >= 11 is 0. The highest BCUT2D eigenvalue weighted by molar-refractivity contribution is 6.06. The first-order chi connectivity index (χ1) is 17.4. The second-order valence-electron chi connectivity index (χ2n) is 12.1. The van der Waals surface area contributed by atoms with Crippen LogP contribution in [0, 0.1) is 10.8 Å². The Morgan fingerprint density at radius 3 is 1.97 bits per heavy atom. The molecule has 0 bridgehead atoms. The van der Waals surface area contributed by atoms with Crippen LogP contribution < -0.4 is 15.2 Å². The standard InChI is InChI=1S/C30H40N2O5/c1-7-11-32-19-13-29(3,4)15-21(33)27(19)26(28-20(32)14-30(5,6)16-22(28)34)18-9-10-23(37-17-25(31)35)24(12-18)36-8-2/h9-10,12,26H,7-8,11,13-17H2,1-6H3,(H2,31,35). The molecule has 1 aliphatic heterocycles. The SMILES string of the molecule is CCCN1C2=C(C(=O)CC(C)(C)C2)C(c2ccc(OCC(N)=O)c(OCC)c2)C2=C1CC(C)(C)CC2=O. The first kappa shape index (κ1) is 27.0. The lowest BCUT2D eigenvalue weighted by molar-refractivity contribution is -0.121. The van der Waals surface area contributed by atoms with Crippen molar-refractivity contribution in [3.63, 3.8) is 0 Å². The number of rotatable bonds is 8. The van der Waals surface area contributed by atoms with Crippen LogP contribution in [-0.4, -0.2) is 42.1 Å². The normalized spacial score (nSPS) is 21.1. The van der Waals surface area contributed by atoms with Gasteiger partial charge in [0.15, 0.2) is 29.7 Å². The number of amides is 1. The summed E-state index contributed by atoms with van der Waals surface area (Å²) < 4.78 is 11.4. The van der Waals surface area contributed by atoms with Crippen molar-refractivity contribution in [3.05, 3.63) is 46.3 Å². The van der Waals surface area contributed by atoms with Gasteiger partial charge in [-0.1, -0.05) is 40.7 Å². The maximum absolute atomic E-state index is 13.8. The maximum Gasteiger partial charge on any atom is 0.255 e. The number of hydrogen-bond donors (Lipinski definition) is 1. The monoisotopic (exact) mass is 508 g/mol. The molecule has 1 amide bonds. The number of nitrogens with zero attached hydrogens (tertiary/aromatic N) is 1. The second-order valence-corrected chi connectivity index (χ2v) is 12.1. The molecule has 0 aromatic heterocycles. The number of nitrogens with two attached hydrogens (primary N) is 1. The minimum Gasteiger partial charge on any atom is -0.490 e. The first-order valence-electron chi connectivity index (χ1n) is 13.4. The molecule has 0 atom stereocenters. The molecule has 0 spiro atoms. The fourth-order valence-corrected chi connectivity index (χ4v) is 6.12. The Balaban J connectivity index is 1.93. The van der Waals surface area contributed by atoms with Crippen LogP contribution in [0.4, 0.5) is 0 Å². The third-order valence-corrected chi connectivity index (χ3v) is 7.44. The summed E-state index contributed by atoms with van der Waals surface area (Å²) in [5.41, 5.74) is 9.40. The van der Waals surface area contributed by atoms with E-state index in [0.717, 1.165) is 53.9 Å². The summed E-state index contributed by atoms with van der Waals surface area (Å²) in [5.74, 6) is 0.0548. The van der Waals surface area contributed by atoms with Crippen molar-refractivity contribution < 1.29 is 23.9 Å². The van der Waals surface area contributed by atoms with E-state index in [1.807, 2.05) is 19.1 Å². The van der Waals surface area contributed by atoms with E-state index in [1.54, 1.807) is 6.07 Å². The molecule has 2 N–H and O–H groups in total. The van der Waals surface area contributed by atoms with E-state index < -0.39 is 11.8 Å². The van der Waals surface area contributed by atoms with Crippen LogP contribution >= 0.6 is 0 Å². The summed E-state index contributed by atoms with van der Waals surface area (Å²) in [5, 5.41) is 0. The molecule has 7 heteroatoms. The minimum absolute atomic E-state index is 0.105. The molecule has 7 nitrogen and oxygen atoms in total. The first-order valence-corrected chi connectivity index (χ1v) is 13.4. The van der Waals surface area contributed by atoms with Gasteiger partial charge in [-0.05, 0) is 54.7 Å². The summed E-state index contributed by atoms with van der Waals surface area (Å²) in [6.45, 7) is 13.5. The van der Waals surface area contributed by atoms with Gasteiger partial charge in [-0.2, -0.15) is 0 Å². The Morgan fingerprint density at radius 2 is 1.49 bits per heavy atom. The zero-order valence-electron chi connectivity index (χ0n) is 23.0. The van der Waals surface area contributed by atoms with Gasteiger partial charge in [0.05, 0.1) is 6.61 Å². The van der Waals surface area contributed by atoms with Gasteiger partial charge in [-0.15, -0.1) is 0 Å². The maximum atomic E-state index is 13.8. The summed E-state index contributed by atoms with van der Waals surface area (Å²) in [6.07, 6.45) is 3.38. The molecule has 0 saturated heterocycles. The van der Waals surface area contributed by atoms with Crippen molar-refractivity contribution in [2.75, 3.05) is 19.8 Å². The third-order valence-electron chi connectivity index (χ3n) is 7.44. The largest absolute Gasteiger partial charge is 0.490 e. The summed E-state index contributed by atoms with van der Waals surface area (Å²) in [4.78, 5) is 41.2. The van der Waals surface area contributed by atoms with Crippen LogP contribution in [0.1, 0.15) is 85.1 Å². The number of allylic oxidation sites excluding steroid dienone is 4. The number of ketones is 2. The van der Waals surface area contributed by atoms with Gasteiger partial charge >= 0.3 is 0 Å². The molecule has 0 radical (unpaired) electrons. The molecule has 1 aromatic carbocycles. The van der Waals surface area contributed by atoms with Gasteiger partial charge < -0.3 is 20.1 Å². The van der Waals surface area contributed by atoms with E-state index in [-0.39, 0.29) is 29.0 Å². The van der Waals surface area contributed by atoms with Crippen LogP contribution in [0.2, 0.25) is 0 Å². The number of carbonyl (C=O) groups is 3. The lowest BCUT2D eigenvalue weighted by atomic mass is 9.63. The average molecular weight is 509 g/mol. The zero-order chi connectivity index (χ0) is 27.1. The van der Waals surface area contributed by atoms with E-state index in [9.17, 15) is 14.4 Å². The lowest BCUT2D eigenvalue weighted by Crippen LogP contribution is -2.44. The smallest absolute Gasteiger partial charge is 0.255 e. The molecule has 37 heavy (non-hydrogen) atoms. The van der Waals surface area contributed by atoms with Crippen molar-refractivity contribution >= 4 is 17.5 Å². The average Bonchev–Trinajstić information content (AvgIpc) is 2.77. The highest BCUT2D eigenvalue weighted by Gasteiger charge is 2.48. The lowest BCUT2D eigenvalue weighted by Gasteiger charge is -2.49. The predicted molar refractivity (Wildman–Crippen MR) is 142 cm³/mol. The molecule has 4 rings (SSSR count). The second kappa shape index (κ2) is 9.99. The molecule has 0 unspecified atom stereocenters. The molecule has 1 heterocycles. The van der Waals surface area contributed by atoms with Crippen LogP contribution in [0.15, 0.2) is 40.7 Å².